The average Bonchev–Trinajstić information content (AvgIpc) is 2.60. The summed E-state index contributed by atoms with van der Waals surface area (Å²) in [6.07, 6.45) is 0. The van der Waals surface area contributed by atoms with Gasteiger partial charge in [-0.3, -0.25) is 0 Å². The van der Waals surface area contributed by atoms with Gasteiger partial charge in [-0.2, -0.15) is 21.6 Å². The number of hydrogen-bond acceptors (Lipinski definition) is 4. The molecular formula is C7H2Cl2F3N3O2S. The molecule has 0 aliphatic rings. The highest BCUT2D eigenvalue weighted by Crippen LogP contribution is 2.30. The molecule has 0 radical (unpaired) electrons. The minimum atomic E-state index is -5.65. The van der Waals surface area contributed by atoms with Crippen LogP contribution < -0.4 is 0 Å². The molecule has 0 saturated carbocycles. The van der Waals surface area contributed by atoms with Crippen molar-refractivity contribution in [1.29, 1.82) is 0 Å². The standard InChI is InChI=1S/C7H2Cl2F3N3O2S/c8-3-1-5-6(2-4(3)9)15(14-13-5)18(16,17)7(10,11)12/h1-2H. The zero-order chi connectivity index (χ0) is 13.7. The van der Waals surface area contributed by atoms with E-state index in [1.54, 1.807) is 0 Å². The third-order valence-corrected chi connectivity index (χ3v) is 4.01. The molecule has 2 rings (SSSR count). The quantitative estimate of drug-likeness (QED) is 0.809. The SMILES string of the molecule is O=S(=O)(n1nnc2cc(Cl)c(Cl)cc21)C(F)(F)F. The molecule has 0 aliphatic carbocycles. The van der Waals surface area contributed by atoms with E-state index < -0.39 is 21.0 Å². The first-order valence-electron chi connectivity index (χ1n) is 4.17. The molecule has 0 bridgehead atoms. The van der Waals surface area contributed by atoms with Crippen molar-refractivity contribution < 1.29 is 21.6 Å². The van der Waals surface area contributed by atoms with Crippen LogP contribution in [0.5, 0.6) is 0 Å². The normalized spacial score (nSPS) is 13.2. The molecule has 0 atom stereocenters. The summed E-state index contributed by atoms with van der Waals surface area (Å²) >= 11 is 11.2. The van der Waals surface area contributed by atoms with Crippen LogP contribution >= 0.6 is 23.2 Å². The van der Waals surface area contributed by atoms with Gasteiger partial charge in [0.15, 0.2) is 0 Å². The van der Waals surface area contributed by atoms with E-state index in [0.717, 1.165) is 12.1 Å². The lowest BCUT2D eigenvalue weighted by Gasteiger charge is -2.07. The number of aromatic nitrogens is 3. The van der Waals surface area contributed by atoms with Crippen LogP contribution in [0.3, 0.4) is 0 Å². The minimum Gasteiger partial charge on any atom is -0.195 e. The molecule has 1 heterocycles. The smallest absolute Gasteiger partial charge is 0.195 e. The van der Waals surface area contributed by atoms with Crippen LogP contribution in [-0.4, -0.2) is 28.3 Å². The Labute approximate surface area is 108 Å². The number of benzene rings is 1. The molecule has 0 aliphatic heterocycles. The van der Waals surface area contributed by atoms with Crippen LogP contribution in [0.2, 0.25) is 10.0 Å². The topological polar surface area (TPSA) is 64.8 Å². The highest BCUT2D eigenvalue weighted by atomic mass is 35.5. The minimum absolute atomic E-state index is 0.0284. The second kappa shape index (κ2) is 3.97. The van der Waals surface area contributed by atoms with Gasteiger partial charge in [0.2, 0.25) is 0 Å². The Hall–Kier alpha value is -1.06. The molecule has 11 heteroatoms. The van der Waals surface area contributed by atoms with Gasteiger partial charge < -0.3 is 0 Å². The summed E-state index contributed by atoms with van der Waals surface area (Å²) < 4.78 is 59.2. The summed E-state index contributed by atoms with van der Waals surface area (Å²) in [5.41, 5.74) is -6.00. The molecule has 18 heavy (non-hydrogen) atoms. The number of halogens is 5. The Bertz CT molecular complexity index is 725. The number of fused-ring (bicyclic) bond motifs is 1. The molecule has 2 aromatic rings. The summed E-state index contributed by atoms with van der Waals surface area (Å²) in [7, 11) is -5.65. The zero-order valence-corrected chi connectivity index (χ0v) is 10.4. The van der Waals surface area contributed by atoms with Crippen molar-refractivity contribution in [2.24, 2.45) is 0 Å². The highest BCUT2D eigenvalue weighted by molar-refractivity contribution is 7.90. The lowest BCUT2D eigenvalue weighted by Crippen LogP contribution is -2.30. The molecule has 1 aromatic carbocycles. The van der Waals surface area contributed by atoms with E-state index in [1.165, 1.54) is 0 Å². The van der Waals surface area contributed by atoms with Gasteiger partial charge in [0.25, 0.3) is 0 Å². The fourth-order valence-electron chi connectivity index (χ4n) is 1.17. The van der Waals surface area contributed by atoms with E-state index in [-0.39, 0.29) is 19.6 Å². The fraction of sp³-hybridized carbons (Fsp3) is 0.143. The summed E-state index contributed by atoms with van der Waals surface area (Å²) in [6, 6.07) is 2.07. The van der Waals surface area contributed by atoms with Crippen LogP contribution in [0, 0.1) is 0 Å². The van der Waals surface area contributed by atoms with Crippen LogP contribution in [0.1, 0.15) is 0 Å². The van der Waals surface area contributed by atoms with Crippen molar-refractivity contribution in [3.8, 4) is 0 Å². The molecule has 0 spiro atoms. The van der Waals surface area contributed by atoms with E-state index >= 15 is 0 Å². The molecule has 0 unspecified atom stereocenters. The fourth-order valence-corrected chi connectivity index (χ4v) is 2.22. The third-order valence-electron chi connectivity index (χ3n) is 1.98. The summed E-state index contributed by atoms with van der Waals surface area (Å²) in [4.78, 5) is 0. The Morgan fingerprint density at radius 1 is 1.17 bits per heavy atom. The molecular weight excluding hydrogens is 318 g/mol. The van der Waals surface area contributed by atoms with Gasteiger partial charge in [-0.25, -0.2) is 0 Å². The second-order valence-corrected chi connectivity index (χ2v) is 5.71. The van der Waals surface area contributed by atoms with E-state index in [4.69, 9.17) is 23.2 Å². The van der Waals surface area contributed by atoms with Gasteiger partial charge in [-0.1, -0.05) is 28.4 Å². The molecule has 0 saturated heterocycles. The van der Waals surface area contributed by atoms with Crippen molar-refractivity contribution in [1.82, 2.24) is 14.4 Å². The number of nitrogens with zero attached hydrogens (tertiary/aromatic N) is 3. The van der Waals surface area contributed by atoms with Gasteiger partial charge >= 0.3 is 15.5 Å². The van der Waals surface area contributed by atoms with Crippen molar-refractivity contribution in [3.05, 3.63) is 22.2 Å². The third kappa shape index (κ3) is 1.91. The Kier molecular flexibility index (Phi) is 2.95. The van der Waals surface area contributed by atoms with Crippen molar-refractivity contribution in [3.63, 3.8) is 0 Å². The monoisotopic (exact) mass is 319 g/mol. The Balaban J connectivity index is 2.79. The summed E-state index contributed by atoms with van der Waals surface area (Å²) in [6.45, 7) is 0. The van der Waals surface area contributed by atoms with Gasteiger partial charge in [0.05, 0.1) is 10.0 Å². The van der Waals surface area contributed by atoms with Gasteiger partial charge in [0, 0.05) is 0 Å². The van der Waals surface area contributed by atoms with Gasteiger partial charge in [-0.15, -0.1) is 9.19 Å². The van der Waals surface area contributed by atoms with E-state index in [0.29, 0.717) is 0 Å². The number of rotatable bonds is 1. The Morgan fingerprint density at radius 3 is 2.28 bits per heavy atom. The van der Waals surface area contributed by atoms with Crippen molar-refractivity contribution >= 4 is 44.3 Å². The maximum Gasteiger partial charge on any atom is 0.518 e. The molecule has 0 fully saturated rings. The van der Waals surface area contributed by atoms with Gasteiger partial charge in [0.1, 0.15) is 11.0 Å². The van der Waals surface area contributed by atoms with Crippen molar-refractivity contribution in [2.75, 3.05) is 0 Å². The molecule has 5 nitrogen and oxygen atoms in total. The van der Waals surface area contributed by atoms with E-state index in [2.05, 4.69) is 10.3 Å². The van der Waals surface area contributed by atoms with Crippen LogP contribution in [-0.2, 0) is 10.0 Å². The first kappa shape index (κ1) is 13.4. The number of hydrogen-bond donors (Lipinski definition) is 0. The van der Waals surface area contributed by atoms with Crippen LogP contribution in [0.4, 0.5) is 13.2 Å². The van der Waals surface area contributed by atoms with E-state index in [1.807, 2.05) is 0 Å². The maximum absolute atomic E-state index is 12.4. The molecule has 0 N–H and O–H groups in total. The summed E-state index contributed by atoms with van der Waals surface area (Å²) in [5, 5.41) is 6.17. The van der Waals surface area contributed by atoms with Crippen LogP contribution in [0.25, 0.3) is 11.0 Å². The lowest BCUT2D eigenvalue weighted by molar-refractivity contribution is -0.0448. The van der Waals surface area contributed by atoms with Crippen LogP contribution in [0.15, 0.2) is 12.1 Å². The predicted octanol–water partition coefficient (Wildman–Crippen LogP) is 2.44. The molecule has 0 amide bonds. The molecule has 98 valence electrons. The zero-order valence-electron chi connectivity index (χ0n) is 8.11. The number of alkyl halides is 3. The first-order valence-corrected chi connectivity index (χ1v) is 6.36. The van der Waals surface area contributed by atoms with Crippen molar-refractivity contribution in [2.45, 2.75) is 5.51 Å². The first-order chi connectivity index (χ1) is 8.14. The maximum atomic E-state index is 12.4. The second-order valence-electron chi connectivity index (χ2n) is 3.14. The summed E-state index contributed by atoms with van der Waals surface area (Å²) in [5.74, 6) is 0. The average molecular weight is 320 g/mol. The van der Waals surface area contributed by atoms with Gasteiger partial charge in [-0.05, 0) is 12.1 Å². The predicted molar refractivity (Wildman–Crippen MR) is 57.9 cm³/mol. The largest absolute Gasteiger partial charge is 0.518 e. The Morgan fingerprint density at radius 2 is 1.72 bits per heavy atom. The molecule has 1 aromatic heterocycles. The highest BCUT2D eigenvalue weighted by Gasteiger charge is 2.49. The lowest BCUT2D eigenvalue weighted by atomic mass is 10.3. The van der Waals surface area contributed by atoms with E-state index in [9.17, 15) is 21.6 Å².